The summed E-state index contributed by atoms with van der Waals surface area (Å²) in [7, 11) is -3.23. The van der Waals surface area contributed by atoms with Crippen molar-refractivity contribution in [2.75, 3.05) is 24.2 Å². The number of hydrogen-bond acceptors (Lipinski definition) is 7. The first kappa shape index (κ1) is 15.9. The third-order valence-electron chi connectivity index (χ3n) is 2.14. The van der Waals surface area contributed by atoms with Gasteiger partial charge in [0.1, 0.15) is 0 Å². The fraction of sp³-hybridized carbons (Fsp3) is 0.800. The second-order valence-electron chi connectivity index (χ2n) is 4.28. The van der Waals surface area contributed by atoms with Crippen LogP contribution in [-0.2, 0) is 16.6 Å². The molecule has 1 rings (SSSR count). The molecule has 0 spiro atoms. The lowest BCUT2D eigenvalue weighted by Gasteiger charge is -2.04. The van der Waals surface area contributed by atoms with Crippen LogP contribution in [0.1, 0.15) is 26.7 Å². The predicted octanol–water partition coefficient (Wildman–Crippen LogP) is -0.0812. The van der Waals surface area contributed by atoms with Gasteiger partial charge in [0.25, 0.3) is 0 Å². The summed E-state index contributed by atoms with van der Waals surface area (Å²) in [4.78, 5) is 0. The normalized spacial score (nSPS) is 12.0. The Hall–Kier alpha value is -1.19. The van der Waals surface area contributed by atoms with Gasteiger partial charge < -0.3 is 15.1 Å². The first-order chi connectivity index (χ1) is 8.93. The summed E-state index contributed by atoms with van der Waals surface area (Å²) in [6, 6.07) is 0.556. The quantitative estimate of drug-likeness (QED) is 0.583. The van der Waals surface area contributed by atoms with E-state index in [2.05, 4.69) is 25.6 Å². The molecule has 1 heterocycles. The number of nitrogens with one attached hydrogen (secondary N) is 3. The Morgan fingerprint density at radius 2 is 2.05 bits per heavy atom. The van der Waals surface area contributed by atoms with Gasteiger partial charge in [0.05, 0.1) is 12.3 Å². The van der Waals surface area contributed by atoms with E-state index in [0.717, 1.165) is 0 Å². The average Bonchev–Trinajstić information content (AvgIpc) is 2.74. The van der Waals surface area contributed by atoms with Gasteiger partial charge in [0, 0.05) is 19.1 Å². The van der Waals surface area contributed by atoms with E-state index in [1.807, 2.05) is 13.8 Å². The van der Waals surface area contributed by atoms with E-state index in [1.165, 1.54) is 0 Å². The third-order valence-corrected chi connectivity index (χ3v) is 3.61. The minimum absolute atomic E-state index is 0.0389. The van der Waals surface area contributed by atoms with Crippen molar-refractivity contribution in [1.29, 1.82) is 0 Å². The molecule has 0 aliphatic heterocycles. The monoisotopic (exact) mass is 291 g/mol. The maximum absolute atomic E-state index is 11.4. The van der Waals surface area contributed by atoms with Crippen molar-refractivity contribution in [3.63, 3.8) is 0 Å². The maximum atomic E-state index is 11.4. The highest BCUT2D eigenvalue weighted by molar-refractivity contribution is 7.89. The topological polar surface area (TPSA) is 109 Å². The molecule has 110 valence electrons. The van der Waals surface area contributed by atoms with E-state index in [4.69, 9.17) is 4.42 Å². The van der Waals surface area contributed by atoms with Gasteiger partial charge in [-0.05, 0) is 0 Å². The molecule has 9 heteroatoms. The van der Waals surface area contributed by atoms with E-state index in [9.17, 15) is 8.42 Å². The number of hydrogen-bond donors (Lipinski definition) is 3. The zero-order chi connectivity index (χ0) is 14.3. The van der Waals surface area contributed by atoms with Crippen LogP contribution in [0.5, 0.6) is 0 Å². The van der Waals surface area contributed by atoms with E-state index in [-0.39, 0.29) is 18.3 Å². The van der Waals surface area contributed by atoms with Crippen molar-refractivity contribution in [2.45, 2.75) is 33.4 Å². The standard InChI is InChI=1S/C10H21N5O3S/c1-4-13-19(16,17)6-5-11-10-15-14-9(18-10)7-12-8(2)3/h8,12-13H,4-7H2,1-3H3,(H,11,15). The summed E-state index contributed by atoms with van der Waals surface area (Å²) in [5.41, 5.74) is 0. The minimum atomic E-state index is -3.23. The number of anilines is 1. The van der Waals surface area contributed by atoms with Crippen molar-refractivity contribution < 1.29 is 12.8 Å². The smallest absolute Gasteiger partial charge is 0.315 e. The lowest BCUT2D eigenvalue weighted by molar-refractivity contribution is 0.459. The number of rotatable bonds is 9. The molecular weight excluding hydrogens is 270 g/mol. The van der Waals surface area contributed by atoms with E-state index in [0.29, 0.717) is 25.0 Å². The predicted molar refractivity (Wildman–Crippen MR) is 72.2 cm³/mol. The highest BCUT2D eigenvalue weighted by Crippen LogP contribution is 2.04. The van der Waals surface area contributed by atoms with E-state index in [1.54, 1.807) is 6.92 Å². The zero-order valence-electron chi connectivity index (χ0n) is 11.4. The summed E-state index contributed by atoms with van der Waals surface area (Å²) >= 11 is 0. The molecule has 1 aromatic heterocycles. The molecule has 0 aliphatic carbocycles. The van der Waals surface area contributed by atoms with Crippen LogP contribution in [0.15, 0.2) is 4.42 Å². The SMILES string of the molecule is CCNS(=O)(=O)CCNc1nnc(CNC(C)C)o1. The zero-order valence-corrected chi connectivity index (χ0v) is 12.2. The molecular formula is C10H21N5O3S. The molecule has 19 heavy (non-hydrogen) atoms. The van der Waals surface area contributed by atoms with Crippen LogP contribution in [0.25, 0.3) is 0 Å². The first-order valence-electron chi connectivity index (χ1n) is 6.20. The second-order valence-corrected chi connectivity index (χ2v) is 6.21. The lowest BCUT2D eigenvalue weighted by Crippen LogP contribution is -2.29. The highest BCUT2D eigenvalue weighted by Gasteiger charge is 2.10. The van der Waals surface area contributed by atoms with Gasteiger partial charge in [0.2, 0.25) is 15.9 Å². The van der Waals surface area contributed by atoms with Crippen LogP contribution in [0.4, 0.5) is 6.01 Å². The van der Waals surface area contributed by atoms with Gasteiger partial charge in [0.15, 0.2) is 0 Å². The summed E-state index contributed by atoms with van der Waals surface area (Å²) in [5.74, 6) is 0.425. The molecule has 0 radical (unpaired) electrons. The highest BCUT2D eigenvalue weighted by atomic mass is 32.2. The number of aromatic nitrogens is 2. The van der Waals surface area contributed by atoms with Crippen molar-refractivity contribution in [1.82, 2.24) is 20.2 Å². The van der Waals surface area contributed by atoms with Crippen LogP contribution in [-0.4, -0.2) is 43.5 Å². The van der Waals surface area contributed by atoms with Crippen LogP contribution >= 0.6 is 0 Å². The van der Waals surface area contributed by atoms with Gasteiger partial charge >= 0.3 is 6.01 Å². The minimum Gasteiger partial charge on any atom is -0.407 e. The summed E-state index contributed by atoms with van der Waals surface area (Å²) in [6.45, 7) is 6.85. The van der Waals surface area contributed by atoms with E-state index < -0.39 is 10.0 Å². The van der Waals surface area contributed by atoms with Gasteiger partial charge in [-0.1, -0.05) is 25.9 Å². The average molecular weight is 291 g/mol. The van der Waals surface area contributed by atoms with Gasteiger partial charge in [-0.3, -0.25) is 0 Å². The molecule has 0 bridgehead atoms. The van der Waals surface area contributed by atoms with Crippen molar-refractivity contribution in [3.05, 3.63) is 5.89 Å². The molecule has 0 amide bonds. The number of sulfonamides is 1. The Balaban J connectivity index is 2.34. The molecule has 0 aromatic carbocycles. The molecule has 0 unspecified atom stereocenters. The molecule has 8 nitrogen and oxygen atoms in total. The Bertz CT molecular complexity index is 471. The fourth-order valence-electron chi connectivity index (χ4n) is 1.27. The van der Waals surface area contributed by atoms with Gasteiger partial charge in [-0.15, -0.1) is 5.10 Å². The molecule has 3 N–H and O–H groups in total. The van der Waals surface area contributed by atoms with Gasteiger partial charge in [-0.2, -0.15) is 0 Å². The largest absolute Gasteiger partial charge is 0.407 e. The molecule has 0 atom stereocenters. The van der Waals surface area contributed by atoms with Crippen molar-refractivity contribution >= 4 is 16.0 Å². The Morgan fingerprint density at radius 3 is 2.68 bits per heavy atom. The fourth-order valence-corrected chi connectivity index (χ4v) is 2.23. The summed E-state index contributed by atoms with van der Waals surface area (Å²) in [5, 5.41) is 13.5. The molecule has 0 aliphatic rings. The molecule has 0 saturated heterocycles. The van der Waals surface area contributed by atoms with E-state index >= 15 is 0 Å². The van der Waals surface area contributed by atoms with Crippen molar-refractivity contribution in [3.8, 4) is 0 Å². The Morgan fingerprint density at radius 1 is 1.32 bits per heavy atom. The third kappa shape index (κ3) is 6.50. The molecule has 1 aromatic rings. The lowest BCUT2D eigenvalue weighted by atomic mass is 10.4. The van der Waals surface area contributed by atoms with Crippen LogP contribution < -0.4 is 15.4 Å². The van der Waals surface area contributed by atoms with Crippen LogP contribution in [0.2, 0.25) is 0 Å². The Labute approximate surface area is 113 Å². The Kier molecular flexibility index (Phi) is 6.19. The molecule has 0 fully saturated rings. The summed E-state index contributed by atoms with van der Waals surface area (Å²) in [6.07, 6.45) is 0. The molecule has 0 saturated carbocycles. The van der Waals surface area contributed by atoms with Crippen LogP contribution in [0, 0.1) is 0 Å². The maximum Gasteiger partial charge on any atom is 0.315 e. The second kappa shape index (κ2) is 7.41. The first-order valence-corrected chi connectivity index (χ1v) is 7.85. The number of nitrogens with zero attached hydrogens (tertiary/aromatic N) is 2. The van der Waals surface area contributed by atoms with Gasteiger partial charge in [-0.25, -0.2) is 13.1 Å². The van der Waals surface area contributed by atoms with Crippen LogP contribution in [0.3, 0.4) is 0 Å². The summed E-state index contributed by atoms with van der Waals surface area (Å²) < 4.78 is 30.5. The van der Waals surface area contributed by atoms with Crippen molar-refractivity contribution in [2.24, 2.45) is 0 Å².